The number of hydrogen-bond acceptors (Lipinski definition) is 2. The van der Waals surface area contributed by atoms with Crippen molar-refractivity contribution in [1.82, 2.24) is 5.32 Å². The third kappa shape index (κ3) is 4.54. The molecule has 0 saturated heterocycles. The molecule has 23 heavy (non-hydrogen) atoms. The van der Waals surface area contributed by atoms with Crippen molar-refractivity contribution in [3.63, 3.8) is 0 Å². The van der Waals surface area contributed by atoms with Gasteiger partial charge in [0, 0.05) is 5.56 Å². The van der Waals surface area contributed by atoms with Gasteiger partial charge in [-0.15, -0.1) is 6.58 Å². The number of nitrogens with two attached hydrogens (primary N) is 1. The zero-order valence-corrected chi connectivity index (χ0v) is 13.1. The second-order valence-corrected chi connectivity index (χ2v) is 5.53. The summed E-state index contributed by atoms with van der Waals surface area (Å²) in [5.74, 6) is -0.892. The Kier molecular flexibility index (Phi) is 5.31. The lowest BCUT2D eigenvalue weighted by Crippen LogP contribution is -2.44. The normalized spacial score (nSPS) is 11.5. The molecular weight excluding hydrogens is 288 g/mol. The van der Waals surface area contributed by atoms with Crippen LogP contribution in [0, 0.1) is 0 Å². The van der Waals surface area contributed by atoms with Crippen LogP contribution in [0.15, 0.2) is 66.7 Å². The molecule has 4 nitrogen and oxygen atoms in total. The van der Waals surface area contributed by atoms with E-state index in [2.05, 4.69) is 11.9 Å². The van der Waals surface area contributed by atoms with Crippen molar-refractivity contribution in [1.29, 1.82) is 0 Å². The molecule has 0 heterocycles. The maximum atomic E-state index is 12.2. The van der Waals surface area contributed by atoms with E-state index in [9.17, 15) is 9.59 Å². The third-order valence-electron chi connectivity index (χ3n) is 3.46. The van der Waals surface area contributed by atoms with Gasteiger partial charge in [-0.2, -0.15) is 0 Å². The van der Waals surface area contributed by atoms with Crippen LogP contribution in [-0.4, -0.2) is 17.9 Å². The first-order valence-corrected chi connectivity index (χ1v) is 7.37. The molecule has 0 aliphatic heterocycles. The quantitative estimate of drug-likeness (QED) is 0.805. The fourth-order valence-electron chi connectivity index (χ4n) is 2.26. The zero-order chi connectivity index (χ0) is 16.8. The van der Waals surface area contributed by atoms with Gasteiger partial charge in [0.2, 0.25) is 5.91 Å². The lowest BCUT2D eigenvalue weighted by molar-refractivity contribution is -0.119. The van der Waals surface area contributed by atoms with E-state index < -0.39 is 11.9 Å². The van der Waals surface area contributed by atoms with E-state index in [4.69, 9.17) is 5.73 Å². The van der Waals surface area contributed by atoms with E-state index in [0.29, 0.717) is 12.0 Å². The molecule has 2 amide bonds. The first kappa shape index (κ1) is 16.5. The average molecular weight is 308 g/mol. The van der Waals surface area contributed by atoms with E-state index in [1.54, 1.807) is 19.1 Å². The van der Waals surface area contributed by atoms with Crippen LogP contribution in [0.5, 0.6) is 0 Å². The van der Waals surface area contributed by atoms with Crippen molar-refractivity contribution >= 4 is 11.8 Å². The highest BCUT2D eigenvalue weighted by Crippen LogP contribution is 2.19. The number of primary amides is 1. The van der Waals surface area contributed by atoms with Crippen LogP contribution in [0.2, 0.25) is 0 Å². The van der Waals surface area contributed by atoms with Crippen LogP contribution >= 0.6 is 0 Å². The summed E-state index contributed by atoms with van der Waals surface area (Å²) >= 11 is 0. The smallest absolute Gasteiger partial charge is 0.251 e. The summed E-state index contributed by atoms with van der Waals surface area (Å²) in [6, 6.07) is 16.4. The van der Waals surface area contributed by atoms with Crippen LogP contribution < -0.4 is 11.1 Å². The molecule has 0 aliphatic rings. The predicted octanol–water partition coefficient (Wildman–Crippen LogP) is 2.90. The van der Waals surface area contributed by atoms with E-state index in [-0.39, 0.29) is 5.91 Å². The van der Waals surface area contributed by atoms with Gasteiger partial charge in [-0.3, -0.25) is 9.59 Å². The molecular formula is C19H20N2O2. The van der Waals surface area contributed by atoms with Crippen molar-refractivity contribution in [2.45, 2.75) is 19.4 Å². The van der Waals surface area contributed by atoms with E-state index in [1.165, 1.54) is 0 Å². The van der Waals surface area contributed by atoms with Gasteiger partial charge >= 0.3 is 0 Å². The first-order valence-electron chi connectivity index (χ1n) is 7.37. The summed E-state index contributed by atoms with van der Waals surface area (Å²) in [6.45, 7) is 5.53. The number of rotatable bonds is 6. The number of nitrogens with one attached hydrogen (secondary N) is 1. The number of hydrogen-bond donors (Lipinski definition) is 2. The lowest BCUT2D eigenvalue weighted by Gasteiger charge is -2.15. The van der Waals surface area contributed by atoms with Crippen molar-refractivity contribution in [2.75, 3.05) is 0 Å². The van der Waals surface area contributed by atoms with Gasteiger partial charge in [-0.25, -0.2) is 0 Å². The predicted molar refractivity (Wildman–Crippen MR) is 91.8 cm³/mol. The average Bonchev–Trinajstić information content (AvgIpc) is 2.54. The highest BCUT2D eigenvalue weighted by Gasteiger charge is 2.18. The van der Waals surface area contributed by atoms with Crippen LogP contribution in [-0.2, 0) is 4.79 Å². The molecule has 0 spiro atoms. The molecule has 0 fully saturated rings. The highest BCUT2D eigenvalue weighted by molar-refractivity contribution is 5.97. The van der Waals surface area contributed by atoms with Gasteiger partial charge in [0.1, 0.15) is 6.04 Å². The van der Waals surface area contributed by atoms with Gasteiger partial charge in [0.05, 0.1) is 0 Å². The number of carbonyl (C=O) groups excluding carboxylic acids is 2. The molecule has 4 heteroatoms. The molecule has 0 aromatic heterocycles. The SMILES string of the molecule is C=C(C)C[C@@H](NC(=O)c1ccc(-c2ccccc2)cc1)C(N)=O. The van der Waals surface area contributed by atoms with Crippen LogP contribution in [0.3, 0.4) is 0 Å². The molecule has 0 saturated carbocycles. The molecule has 0 bridgehead atoms. The zero-order valence-electron chi connectivity index (χ0n) is 13.1. The largest absolute Gasteiger partial charge is 0.368 e. The second-order valence-electron chi connectivity index (χ2n) is 5.53. The summed E-state index contributed by atoms with van der Waals surface area (Å²) in [7, 11) is 0. The summed E-state index contributed by atoms with van der Waals surface area (Å²) < 4.78 is 0. The van der Waals surface area contributed by atoms with Crippen LogP contribution in [0.1, 0.15) is 23.7 Å². The van der Waals surface area contributed by atoms with Gasteiger partial charge in [0.25, 0.3) is 5.91 Å². The molecule has 0 unspecified atom stereocenters. The van der Waals surface area contributed by atoms with Crippen LogP contribution in [0.25, 0.3) is 11.1 Å². The number of benzene rings is 2. The number of carbonyl (C=O) groups is 2. The van der Waals surface area contributed by atoms with Crippen molar-refractivity contribution < 1.29 is 9.59 Å². The second kappa shape index (κ2) is 7.40. The van der Waals surface area contributed by atoms with Crippen molar-refractivity contribution in [2.24, 2.45) is 5.73 Å². The Morgan fingerprint density at radius 3 is 2.13 bits per heavy atom. The van der Waals surface area contributed by atoms with Crippen molar-refractivity contribution in [3.05, 3.63) is 72.3 Å². The maximum absolute atomic E-state index is 12.2. The van der Waals surface area contributed by atoms with Crippen LogP contribution in [0.4, 0.5) is 0 Å². The first-order chi connectivity index (χ1) is 11.0. The van der Waals surface area contributed by atoms with Gasteiger partial charge in [-0.05, 0) is 36.6 Å². The minimum Gasteiger partial charge on any atom is -0.368 e. The minimum atomic E-state index is -0.742. The topological polar surface area (TPSA) is 72.2 Å². The Hall–Kier alpha value is -2.88. The van der Waals surface area contributed by atoms with Gasteiger partial charge < -0.3 is 11.1 Å². The lowest BCUT2D eigenvalue weighted by atomic mass is 10.0. The molecule has 2 aromatic carbocycles. The summed E-state index contributed by atoms with van der Waals surface area (Å²) in [4.78, 5) is 23.6. The van der Waals surface area contributed by atoms with Gasteiger partial charge in [0.15, 0.2) is 0 Å². The van der Waals surface area contributed by atoms with E-state index in [0.717, 1.165) is 16.7 Å². The van der Waals surface area contributed by atoms with E-state index >= 15 is 0 Å². The maximum Gasteiger partial charge on any atom is 0.251 e. The minimum absolute atomic E-state index is 0.324. The van der Waals surface area contributed by atoms with Gasteiger partial charge in [-0.1, -0.05) is 48.0 Å². The molecule has 1 atom stereocenters. The van der Waals surface area contributed by atoms with E-state index in [1.807, 2.05) is 42.5 Å². The Morgan fingerprint density at radius 2 is 1.61 bits per heavy atom. The Labute approximate surface area is 136 Å². The monoisotopic (exact) mass is 308 g/mol. The van der Waals surface area contributed by atoms with Crippen molar-refractivity contribution in [3.8, 4) is 11.1 Å². The Balaban J connectivity index is 2.11. The third-order valence-corrected chi connectivity index (χ3v) is 3.46. The fourth-order valence-corrected chi connectivity index (χ4v) is 2.26. The molecule has 0 aliphatic carbocycles. The molecule has 0 radical (unpaired) electrons. The highest BCUT2D eigenvalue weighted by atomic mass is 16.2. The molecule has 2 rings (SSSR count). The standard InChI is InChI=1S/C19H20N2O2/c1-13(2)12-17(18(20)22)21-19(23)16-10-8-15(9-11-16)14-6-4-3-5-7-14/h3-11,17H,1,12H2,2H3,(H2,20,22)(H,21,23)/t17-/m1/s1. The molecule has 118 valence electrons. The fraction of sp³-hybridized carbons (Fsp3) is 0.158. The summed E-state index contributed by atoms with van der Waals surface area (Å²) in [5.41, 5.74) is 8.69. The summed E-state index contributed by atoms with van der Waals surface area (Å²) in [6.07, 6.45) is 0.336. The Morgan fingerprint density at radius 1 is 1.04 bits per heavy atom. The summed E-state index contributed by atoms with van der Waals surface area (Å²) in [5, 5.41) is 2.65. The Bertz CT molecular complexity index is 706. The number of amides is 2. The molecule has 3 N–H and O–H groups in total. The molecule has 2 aromatic rings.